The number of hydrogen-bond acceptors (Lipinski definition) is 6. The van der Waals surface area contributed by atoms with Gasteiger partial charge in [-0.2, -0.15) is 18.2 Å². The number of sulfonamides is 1. The molecule has 4 heterocycles. The van der Waals surface area contributed by atoms with Crippen LogP contribution in [0.3, 0.4) is 0 Å². The minimum atomic E-state index is -3.79. The van der Waals surface area contributed by atoms with Crippen LogP contribution in [0.5, 0.6) is 0 Å². The Morgan fingerprint density at radius 1 is 1.25 bits per heavy atom. The van der Waals surface area contributed by atoms with Gasteiger partial charge in [-0.3, -0.25) is 9.58 Å². The van der Waals surface area contributed by atoms with Crippen LogP contribution in [-0.4, -0.2) is 63.6 Å². The number of alkyl halides is 2. The average molecular weight is 412 g/mol. The molecule has 28 heavy (non-hydrogen) atoms. The number of halogens is 2. The fraction of sp³-hybridized carbons (Fsp3) is 0.588. The number of hydrogen-bond donors (Lipinski definition) is 0. The van der Waals surface area contributed by atoms with Gasteiger partial charge in [0.1, 0.15) is 4.90 Å². The van der Waals surface area contributed by atoms with Gasteiger partial charge in [0.05, 0.1) is 17.6 Å². The molecule has 1 spiro atoms. The first-order valence-corrected chi connectivity index (χ1v) is 10.4. The standard InChI is InChI=1S/C17H22F2N6O2S/c1-12-14(6-20-15(21-12)16(2,18)19)28(26,27)25-10-17(11-25)8-24(9-17)7-13-4-5-23(3)22-13/h4-6H,7-11H2,1-3H3. The number of rotatable bonds is 5. The summed E-state index contributed by atoms with van der Waals surface area (Å²) in [5, 5.41) is 4.35. The van der Waals surface area contributed by atoms with E-state index in [4.69, 9.17) is 0 Å². The summed E-state index contributed by atoms with van der Waals surface area (Å²) in [6, 6.07) is 1.97. The predicted molar refractivity (Wildman–Crippen MR) is 96.0 cm³/mol. The van der Waals surface area contributed by atoms with Crippen molar-refractivity contribution in [2.24, 2.45) is 12.5 Å². The van der Waals surface area contributed by atoms with Crippen LogP contribution in [0.4, 0.5) is 8.78 Å². The van der Waals surface area contributed by atoms with Crippen LogP contribution in [-0.2, 0) is 29.5 Å². The van der Waals surface area contributed by atoms with Crippen LogP contribution < -0.4 is 0 Å². The summed E-state index contributed by atoms with van der Waals surface area (Å²) in [6.45, 7) is 5.30. The fourth-order valence-electron chi connectivity index (χ4n) is 3.92. The Kier molecular flexibility index (Phi) is 4.32. The van der Waals surface area contributed by atoms with Crippen molar-refractivity contribution in [3.05, 3.63) is 35.7 Å². The van der Waals surface area contributed by atoms with Crippen molar-refractivity contribution < 1.29 is 17.2 Å². The number of nitrogens with zero attached hydrogens (tertiary/aromatic N) is 6. The van der Waals surface area contributed by atoms with Crippen molar-refractivity contribution in [1.82, 2.24) is 29.0 Å². The van der Waals surface area contributed by atoms with Gasteiger partial charge in [0.15, 0.2) is 5.82 Å². The van der Waals surface area contributed by atoms with Crippen LogP contribution in [0.15, 0.2) is 23.4 Å². The van der Waals surface area contributed by atoms with E-state index < -0.39 is 21.8 Å². The molecule has 2 aliphatic heterocycles. The Labute approximate surface area is 162 Å². The molecule has 8 nitrogen and oxygen atoms in total. The van der Waals surface area contributed by atoms with Gasteiger partial charge in [0.25, 0.3) is 0 Å². The molecular weight excluding hydrogens is 390 g/mol. The van der Waals surface area contributed by atoms with E-state index in [1.807, 2.05) is 19.3 Å². The predicted octanol–water partition coefficient (Wildman–Crippen LogP) is 1.14. The molecule has 2 fully saturated rings. The first-order valence-electron chi connectivity index (χ1n) is 8.92. The van der Waals surface area contributed by atoms with Crippen LogP contribution >= 0.6 is 0 Å². The molecular formula is C17H22F2N6O2S. The second kappa shape index (κ2) is 6.26. The highest BCUT2D eigenvalue weighted by Gasteiger charge is 2.55. The Hall–Kier alpha value is -1.98. The molecule has 0 radical (unpaired) electrons. The lowest BCUT2D eigenvalue weighted by molar-refractivity contribution is -0.0852. The zero-order valence-corrected chi connectivity index (χ0v) is 16.7. The Balaban J connectivity index is 1.39. The SMILES string of the molecule is Cc1nc(C(C)(F)F)ncc1S(=O)(=O)N1CC2(CN(Cc3ccn(C)n3)C2)C1. The van der Waals surface area contributed by atoms with Gasteiger partial charge in [0.2, 0.25) is 10.0 Å². The summed E-state index contributed by atoms with van der Waals surface area (Å²) in [5.41, 5.74) is 0.993. The highest BCUT2D eigenvalue weighted by Crippen LogP contribution is 2.42. The maximum atomic E-state index is 13.4. The van der Waals surface area contributed by atoms with E-state index in [2.05, 4.69) is 20.0 Å². The molecule has 2 saturated heterocycles. The number of aryl methyl sites for hydroxylation is 2. The van der Waals surface area contributed by atoms with E-state index in [0.29, 0.717) is 20.0 Å². The largest absolute Gasteiger partial charge is 0.303 e. The van der Waals surface area contributed by atoms with Gasteiger partial charge in [0, 0.05) is 58.3 Å². The van der Waals surface area contributed by atoms with E-state index in [1.165, 1.54) is 11.2 Å². The lowest BCUT2D eigenvalue weighted by Gasteiger charge is -2.59. The zero-order chi connectivity index (χ0) is 20.3. The lowest BCUT2D eigenvalue weighted by atomic mass is 9.74. The smallest absolute Gasteiger partial charge is 0.296 e. The van der Waals surface area contributed by atoms with E-state index in [0.717, 1.165) is 31.5 Å². The molecule has 0 N–H and O–H groups in total. The van der Waals surface area contributed by atoms with Crippen LogP contribution in [0.1, 0.15) is 24.1 Å². The minimum Gasteiger partial charge on any atom is -0.296 e. The molecule has 2 aromatic rings. The number of aromatic nitrogens is 4. The van der Waals surface area contributed by atoms with Crippen LogP contribution in [0, 0.1) is 12.3 Å². The van der Waals surface area contributed by atoms with E-state index >= 15 is 0 Å². The summed E-state index contributed by atoms with van der Waals surface area (Å²) >= 11 is 0. The Bertz CT molecular complexity index is 1000. The quantitative estimate of drug-likeness (QED) is 0.732. The highest BCUT2D eigenvalue weighted by molar-refractivity contribution is 7.89. The summed E-state index contributed by atoms with van der Waals surface area (Å²) in [4.78, 5) is 9.39. The third kappa shape index (κ3) is 3.31. The second-order valence-electron chi connectivity index (χ2n) is 7.93. The Morgan fingerprint density at radius 3 is 2.46 bits per heavy atom. The summed E-state index contributed by atoms with van der Waals surface area (Å²) in [5.74, 6) is -3.88. The molecule has 0 bridgehead atoms. The summed E-state index contributed by atoms with van der Waals surface area (Å²) in [6.07, 6.45) is 2.89. The van der Waals surface area contributed by atoms with Gasteiger partial charge in [-0.05, 0) is 13.0 Å². The van der Waals surface area contributed by atoms with Gasteiger partial charge in [-0.15, -0.1) is 0 Å². The molecule has 152 valence electrons. The van der Waals surface area contributed by atoms with Gasteiger partial charge in [-0.1, -0.05) is 0 Å². The topological polar surface area (TPSA) is 84.2 Å². The lowest BCUT2D eigenvalue weighted by Crippen LogP contribution is -2.72. The van der Waals surface area contributed by atoms with Gasteiger partial charge in [-0.25, -0.2) is 18.4 Å². The van der Waals surface area contributed by atoms with Crippen molar-refractivity contribution in [2.45, 2.75) is 31.2 Å². The van der Waals surface area contributed by atoms with E-state index in [-0.39, 0.29) is 16.0 Å². The van der Waals surface area contributed by atoms with E-state index in [1.54, 1.807) is 4.68 Å². The first-order chi connectivity index (χ1) is 13.0. The second-order valence-corrected chi connectivity index (χ2v) is 9.84. The molecule has 4 rings (SSSR count). The normalized spacial score (nSPS) is 20.2. The molecule has 0 aliphatic carbocycles. The molecule has 0 aromatic carbocycles. The molecule has 11 heteroatoms. The zero-order valence-electron chi connectivity index (χ0n) is 15.9. The minimum absolute atomic E-state index is 0.0347. The maximum Gasteiger partial charge on any atom is 0.303 e. The molecule has 2 aromatic heterocycles. The van der Waals surface area contributed by atoms with Crippen molar-refractivity contribution in [1.29, 1.82) is 0 Å². The maximum absolute atomic E-state index is 13.4. The van der Waals surface area contributed by atoms with Crippen LogP contribution in [0.25, 0.3) is 0 Å². The van der Waals surface area contributed by atoms with E-state index in [9.17, 15) is 17.2 Å². The third-order valence-corrected chi connectivity index (χ3v) is 7.14. The first kappa shape index (κ1) is 19.3. The monoisotopic (exact) mass is 412 g/mol. The number of likely N-dealkylation sites (tertiary alicyclic amines) is 1. The molecule has 0 unspecified atom stereocenters. The molecule has 0 amide bonds. The van der Waals surface area contributed by atoms with Crippen molar-refractivity contribution >= 4 is 10.0 Å². The van der Waals surface area contributed by atoms with Gasteiger partial charge >= 0.3 is 5.92 Å². The third-order valence-electron chi connectivity index (χ3n) is 5.24. The Morgan fingerprint density at radius 2 is 1.93 bits per heavy atom. The fourth-order valence-corrected chi connectivity index (χ4v) is 5.69. The summed E-state index contributed by atoms with van der Waals surface area (Å²) in [7, 11) is -1.92. The van der Waals surface area contributed by atoms with Gasteiger partial charge < -0.3 is 0 Å². The highest BCUT2D eigenvalue weighted by atomic mass is 32.2. The molecule has 0 saturated carbocycles. The van der Waals surface area contributed by atoms with Crippen LogP contribution in [0.2, 0.25) is 0 Å². The summed E-state index contributed by atoms with van der Waals surface area (Å²) < 4.78 is 55.5. The molecule has 0 atom stereocenters. The average Bonchev–Trinajstić information content (AvgIpc) is 2.92. The molecule has 2 aliphatic rings. The van der Waals surface area contributed by atoms with Crippen molar-refractivity contribution in [3.8, 4) is 0 Å². The van der Waals surface area contributed by atoms with Crippen molar-refractivity contribution in [3.63, 3.8) is 0 Å². The van der Waals surface area contributed by atoms with Crippen molar-refractivity contribution in [2.75, 3.05) is 26.2 Å².